The van der Waals surface area contributed by atoms with Crippen molar-refractivity contribution in [2.24, 2.45) is 13.0 Å². The van der Waals surface area contributed by atoms with Gasteiger partial charge in [-0.15, -0.1) is 10.2 Å². The van der Waals surface area contributed by atoms with Crippen molar-refractivity contribution >= 4 is 11.4 Å². The summed E-state index contributed by atoms with van der Waals surface area (Å²) in [5.74, 6) is 1.08. The Morgan fingerprint density at radius 3 is 2.52 bits per heavy atom. The van der Waals surface area contributed by atoms with Crippen LogP contribution >= 0.6 is 0 Å². The van der Waals surface area contributed by atoms with E-state index in [0.29, 0.717) is 30.3 Å². The second kappa shape index (κ2) is 9.92. The van der Waals surface area contributed by atoms with Gasteiger partial charge in [-0.05, 0) is 48.1 Å². The van der Waals surface area contributed by atoms with Gasteiger partial charge >= 0.3 is 11.9 Å². The van der Waals surface area contributed by atoms with Crippen LogP contribution in [0.2, 0.25) is 0 Å². The van der Waals surface area contributed by atoms with Gasteiger partial charge in [-0.25, -0.2) is 4.79 Å². The number of aromatic nitrogens is 5. The number of rotatable bonds is 6. The van der Waals surface area contributed by atoms with E-state index in [-0.39, 0.29) is 30.4 Å². The van der Waals surface area contributed by atoms with Crippen molar-refractivity contribution in [1.29, 1.82) is 0 Å². The van der Waals surface area contributed by atoms with Gasteiger partial charge in [-0.2, -0.15) is 13.2 Å². The molecule has 9 nitrogen and oxygen atoms in total. The maximum atomic E-state index is 14.2. The molecule has 40 heavy (non-hydrogen) atoms. The molecule has 1 aliphatic carbocycles. The molecule has 1 aliphatic heterocycles. The molecule has 0 unspecified atom stereocenters. The van der Waals surface area contributed by atoms with E-state index < -0.39 is 17.4 Å². The van der Waals surface area contributed by atoms with Crippen molar-refractivity contribution in [3.63, 3.8) is 0 Å². The van der Waals surface area contributed by atoms with Crippen LogP contribution in [0.3, 0.4) is 0 Å². The normalized spacial score (nSPS) is 17.9. The summed E-state index contributed by atoms with van der Waals surface area (Å²) in [6.07, 6.45) is 2.93. The number of fused-ring (bicyclic) bond motifs is 1. The van der Waals surface area contributed by atoms with Crippen LogP contribution in [0.4, 0.5) is 13.2 Å². The van der Waals surface area contributed by atoms with E-state index in [1.165, 1.54) is 17.0 Å². The first-order valence-electron chi connectivity index (χ1n) is 13.3. The summed E-state index contributed by atoms with van der Waals surface area (Å²) in [5.41, 5.74) is 0.0497. The Morgan fingerprint density at radius 2 is 1.88 bits per heavy atom. The molecule has 2 fully saturated rings. The number of piperazine rings is 1. The quantitative estimate of drug-likeness (QED) is 0.366. The summed E-state index contributed by atoms with van der Waals surface area (Å²) < 4.78 is 46.9. The van der Waals surface area contributed by atoms with E-state index in [4.69, 9.17) is 0 Å². The number of imidazole rings is 1. The number of hydrogen-bond donors (Lipinski definition) is 0. The molecule has 1 aromatic carbocycles. The minimum absolute atomic E-state index is 0.0300. The molecule has 2 aliphatic rings. The number of likely N-dealkylation sites (N-methyl/N-ethyl adjacent to an activating group) is 1. The number of aryl methyl sites for hydroxylation is 1. The zero-order valence-corrected chi connectivity index (χ0v) is 22.3. The fraction of sp³-hybridized carbons (Fsp3) is 0.429. The molecule has 0 radical (unpaired) electrons. The summed E-state index contributed by atoms with van der Waals surface area (Å²) in [4.78, 5) is 29.1. The number of carbonyl (C=O) groups excluding carboxylic acids is 1. The first kappa shape index (κ1) is 26.3. The number of carbonyl (C=O) groups is 1. The lowest BCUT2D eigenvalue weighted by molar-refractivity contribution is -0.137. The molecule has 210 valence electrons. The largest absolute Gasteiger partial charge is 0.418 e. The Hall–Kier alpha value is -3.93. The van der Waals surface area contributed by atoms with E-state index in [1.54, 1.807) is 29.2 Å². The molecule has 3 aromatic heterocycles. The van der Waals surface area contributed by atoms with Crippen molar-refractivity contribution in [1.82, 2.24) is 33.5 Å². The molecule has 1 saturated heterocycles. The van der Waals surface area contributed by atoms with Gasteiger partial charge in [-0.1, -0.05) is 18.6 Å². The van der Waals surface area contributed by atoms with Gasteiger partial charge in [0.2, 0.25) is 5.91 Å². The van der Waals surface area contributed by atoms with Crippen LogP contribution in [0.15, 0.2) is 53.8 Å². The number of alkyl halides is 3. The predicted octanol–water partition coefficient (Wildman–Crippen LogP) is 3.44. The van der Waals surface area contributed by atoms with Crippen LogP contribution in [-0.2, 0) is 24.6 Å². The fourth-order valence-corrected chi connectivity index (χ4v) is 5.79. The minimum atomic E-state index is -4.67. The van der Waals surface area contributed by atoms with Crippen LogP contribution in [0.1, 0.15) is 47.7 Å². The zero-order valence-electron chi connectivity index (χ0n) is 22.3. The molecule has 0 bridgehead atoms. The van der Waals surface area contributed by atoms with E-state index in [2.05, 4.69) is 10.2 Å². The lowest BCUT2D eigenvalue weighted by Crippen LogP contribution is -2.48. The number of nitrogens with zero attached hydrogens (tertiary/aromatic N) is 7. The smallest absolute Gasteiger partial charge is 0.343 e. The fourth-order valence-electron chi connectivity index (χ4n) is 5.79. The lowest BCUT2D eigenvalue weighted by atomic mass is 9.72. The van der Waals surface area contributed by atoms with E-state index >= 15 is 0 Å². The molecular weight excluding hydrogens is 523 g/mol. The van der Waals surface area contributed by atoms with E-state index in [1.807, 2.05) is 29.8 Å². The highest BCUT2D eigenvalue weighted by molar-refractivity contribution is 5.78. The summed E-state index contributed by atoms with van der Waals surface area (Å²) >= 11 is 0. The van der Waals surface area contributed by atoms with Gasteiger partial charge < -0.3 is 9.47 Å². The van der Waals surface area contributed by atoms with Gasteiger partial charge in [0.25, 0.3) is 0 Å². The predicted molar refractivity (Wildman–Crippen MR) is 141 cm³/mol. The van der Waals surface area contributed by atoms with Gasteiger partial charge in [0.1, 0.15) is 12.2 Å². The molecule has 4 heterocycles. The van der Waals surface area contributed by atoms with Crippen molar-refractivity contribution in [2.45, 2.75) is 37.9 Å². The zero-order chi connectivity index (χ0) is 28.2. The Bertz CT molecular complexity index is 1630. The minimum Gasteiger partial charge on any atom is -0.343 e. The molecule has 12 heteroatoms. The third kappa shape index (κ3) is 4.70. The number of hydrogen-bond acceptors (Lipinski definition) is 5. The Labute approximate surface area is 228 Å². The Kier molecular flexibility index (Phi) is 6.52. The van der Waals surface area contributed by atoms with E-state index in [9.17, 15) is 22.8 Å². The van der Waals surface area contributed by atoms with Crippen molar-refractivity contribution in [3.05, 3.63) is 82.1 Å². The van der Waals surface area contributed by atoms with Crippen LogP contribution in [-0.4, -0.2) is 66.1 Å². The maximum absolute atomic E-state index is 14.2. The van der Waals surface area contributed by atoms with Gasteiger partial charge in [0.05, 0.1) is 23.3 Å². The second-order valence-electron chi connectivity index (χ2n) is 10.9. The van der Waals surface area contributed by atoms with Crippen LogP contribution < -0.4 is 5.69 Å². The highest BCUT2D eigenvalue weighted by Gasteiger charge is 2.36. The molecule has 6 rings (SSSR count). The van der Waals surface area contributed by atoms with Crippen molar-refractivity contribution in [2.75, 3.05) is 26.7 Å². The second-order valence-corrected chi connectivity index (χ2v) is 10.9. The topological polar surface area (TPSA) is 80.7 Å². The first-order chi connectivity index (χ1) is 19.1. The molecule has 1 atom stereocenters. The molecule has 1 amide bonds. The average Bonchev–Trinajstić information content (AvgIpc) is 3.45. The van der Waals surface area contributed by atoms with Crippen LogP contribution in [0, 0.1) is 5.92 Å². The van der Waals surface area contributed by atoms with Crippen LogP contribution in [0.25, 0.3) is 11.2 Å². The molecule has 0 spiro atoms. The standard InChI is InChI=1S/C28H30F3N7O2/c1-34-9-10-36(16-24(34)39)13-18-11-22(28(29,30)31)23-15-37(27(40)38(23)14-18)21-8-4-7-20(12-21)25(19-5-3-6-19)26-33-32-17-35(26)2/h4,7-8,11-12,14-15,17,19,25H,3,5-6,9-10,13,16H2,1-2H3/t25-/m0/s1. The number of benzene rings is 1. The first-order valence-corrected chi connectivity index (χ1v) is 13.3. The van der Waals surface area contributed by atoms with Gasteiger partial charge in [-0.3, -0.25) is 18.7 Å². The SMILES string of the molecule is CN1CCN(Cc2cc(C(F)(F)F)c3cn(-c4cccc([C@@H](c5nncn5C)C5CCC5)c4)c(=O)n3c2)CC1=O. The summed E-state index contributed by atoms with van der Waals surface area (Å²) in [5, 5.41) is 8.39. The summed E-state index contributed by atoms with van der Waals surface area (Å²) in [7, 11) is 3.59. The van der Waals surface area contributed by atoms with Crippen molar-refractivity contribution < 1.29 is 18.0 Å². The van der Waals surface area contributed by atoms with Gasteiger partial charge in [0.15, 0.2) is 0 Å². The lowest BCUT2D eigenvalue weighted by Gasteiger charge is -2.33. The van der Waals surface area contributed by atoms with Crippen LogP contribution in [0.5, 0.6) is 0 Å². The maximum Gasteiger partial charge on any atom is 0.418 e. The molecular formula is C28H30F3N7O2. The molecule has 0 N–H and O–H groups in total. The number of amides is 1. The monoisotopic (exact) mass is 553 g/mol. The third-order valence-electron chi connectivity index (χ3n) is 8.22. The highest BCUT2D eigenvalue weighted by atomic mass is 19.4. The van der Waals surface area contributed by atoms with Crippen molar-refractivity contribution in [3.8, 4) is 5.69 Å². The molecule has 1 saturated carbocycles. The summed E-state index contributed by atoms with van der Waals surface area (Å²) in [6, 6.07) is 8.46. The Balaban J connectivity index is 1.41. The third-order valence-corrected chi connectivity index (χ3v) is 8.22. The average molecular weight is 554 g/mol. The number of halogens is 3. The van der Waals surface area contributed by atoms with Gasteiger partial charge in [0, 0.05) is 52.0 Å². The number of pyridine rings is 1. The highest BCUT2D eigenvalue weighted by Crippen LogP contribution is 2.43. The Morgan fingerprint density at radius 1 is 1.07 bits per heavy atom. The van der Waals surface area contributed by atoms with E-state index in [0.717, 1.165) is 41.1 Å². The molecule has 4 aromatic rings. The summed E-state index contributed by atoms with van der Waals surface area (Å²) in [6.45, 7) is 1.28.